The summed E-state index contributed by atoms with van der Waals surface area (Å²) in [5, 5.41) is 0. The van der Waals surface area contributed by atoms with Crippen LogP contribution in [0.15, 0.2) is 12.4 Å². The van der Waals surface area contributed by atoms with Crippen LogP contribution in [0, 0.1) is 12.3 Å². The first-order chi connectivity index (χ1) is 11.2. The molecule has 2 fully saturated rings. The van der Waals surface area contributed by atoms with E-state index in [0.717, 1.165) is 24.6 Å². The van der Waals surface area contributed by atoms with Crippen molar-refractivity contribution in [1.82, 2.24) is 14.9 Å². The van der Waals surface area contributed by atoms with E-state index in [2.05, 4.69) is 26.8 Å². The molecule has 3 rings (SSSR count). The van der Waals surface area contributed by atoms with Gasteiger partial charge in [-0.3, -0.25) is 0 Å². The molecule has 0 bridgehead atoms. The molecular formula is C19H36N4. The third kappa shape index (κ3) is 5.45. The van der Waals surface area contributed by atoms with Crippen LogP contribution in [-0.2, 0) is 0 Å². The molecule has 132 valence electrons. The number of anilines is 1. The third-order valence-corrected chi connectivity index (χ3v) is 4.92. The molecule has 0 saturated carbocycles. The highest BCUT2D eigenvalue weighted by atomic mass is 15.3. The molecule has 1 aromatic heterocycles. The summed E-state index contributed by atoms with van der Waals surface area (Å²) in [6, 6.07) is 0. The summed E-state index contributed by atoms with van der Waals surface area (Å²) in [6.45, 7) is 14.8. The number of aryl methyl sites for hydroxylation is 1. The lowest BCUT2D eigenvalue weighted by Gasteiger charge is -2.46. The van der Waals surface area contributed by atoms with Gasteiger partial charge in [0.05, 0.1) is 0 Å². The van der Waals surface area contributed by atoms with Crippen LogP contribution in [0.3, 0.4) is 0 Å². The van der Waals surface area contributed by atoms with Gasteiger partial charge in [-0.2, -0.15) is 0 Å². The summed E-state index contributed by atoms with van der Waals surface area (Å²) in [5.74, 6) is 0.911. The van der Waals surface area contributed by atoms with Gasteiger partial charge in [-0.1, -0.05) is 27.7 Å². The number of hydrogen-bond donors (Lipinski definition) is 0. The second-order valence-electron chi connectivity index (χ2n) is 6.35. The van der Waals surface area contributed by atoms with Crippen LogP contribution >= 0.6 is 0 Å². The Morgan fingerprint density at radius 3 is 1.74 bits per heavy atom. The first-order valence-electron chi connectivity index (χ1n) is 9.39. The van der Waals surface area contributed by atoms with E-state index >= 15 is 0 Å². The maximum absolute atomic E-state index is 4.45. The van der Waals surface area contributed by atoms with Crippen LogP contribution in [0.5, 0.6) is 0 Å². The zero-order chi connectivity index (χ0) is 17.3. The summed E-state index contributed by atoms with van der Waals surface area (Å²) < 4.78 is 0. The summed E-state index contributed by atoms with van der Waals surface area (Å²) in [4.78, 5) is 13.7. The summed E-state index contributed by atoms with van der Waals surface area (Å²) in [5.41, 5.74) is 1.74. The predicted octanol–water partition coefficient (Wildman–Crippen LogP) is 4.15. The summed E-state index contributed by atoms with van der Waals surface area (Å²) >= 11 is 0. The Morgan fingerprint density at radius 2 is 1.26 bits per heavy atom. The van der Waals surface area contributed by atoms with E-state index in [9.17, 15) is 0 Å². The van der Waals surface area contributed by atoms with Crippen LogP contribution in [0.2, 0.25) is 0 Å². The van der Waals surface area contributed by atoms with Crippen molar-refractivity contribution in [2.45, 2.75) is 60.3 Å². The highest BCUT2D eigenvalue weighted by Gasteiger charge is 2.37. The van der Waals surface area contributed by atoms with E-state index in [4.69, 9.17) is 0 Å². The van der Waals surface area contributed by atoms with Gasteiger partial charge in [-0.15, -0.1) is 0 Å². The van der Waals surface area contributed by atoms with Crippen molar-refractivity contribution in [3.8, 4) is 0 Å². The topological polar surface area (TPSA) is 32.3 Å². The maximum atomic E-state index is 4.45. The van der Waals surface area contributed by atoms with Gasteiger partial charge >= 0.3 is 0 Å². The lowest BCUT2D eigenvalue weighted by atomic mass is 9.71. The molecule has 0 aromatic carbocycles. The Kier molecular flexibility index (Phi) is 8.53. The largest absolute Gasteiger partial charge is 0.341 e. The first-order valence-corrected chi connectivity index (χ1v) is 9.39. The van der Waals surface area contributed by atoms with E-state index in [-0.39, 0.29) is 0 Å². The molecule has 0 N–H and O–H groups in total. The van der Waals surface area contributed by atoms with Gasteiger partial charge in [0, 0.05) is 25.5 Å². The van der Waals surface area contributed by atoms with E-state index in [0.29, 0.717) is 5.41 Å². The van der Waals surface area contributed by atoms with Crippen LogP contribution in [0.25, 0.3) is 0 Å². The molecular weight excluding hydrogens is 284 g/mol. The van der Waals surface area contributed by atoms with E-state index in [1.54, 1.807) is 0 Å². The average Bonchev–Trinajstić information content (AvgIpc) is 2.63. The zero-order valence-electron chi connectivity index (χ0n) is 16.1. The molecule has 4 heteroatoms. The van der Waals surface area contributed by atoms with Gasteiger partial charge in [-0.25, -0.2) is 9.97 Å². The van der Waals surface area contributed by atoms with E-state index in [1.807, 2.05) is 47.0 Å². The second-order valence-corrected chi connectivity index (χ2v) is 6.35. The van der Waals surface area contributed by atoms with E-state index in [1.165, 1.54) is 38.8 Å². The van der Waals surface area contributed by atoms with Gasteiger partial charge in [0.2, 0.25) is 5.95 Å². The second kappa shape index (κ2) is 9.86. The molecule has 23 heavy (non-hydrogen) atoms. The lowest BCUT2D eigenvalue weighted by molar-refractivity contribution is 0.0941. The van der Waals surface area contributed by atoms with Crippen molar-refractivity contribution in [3.05, 3.63) is 18.0 Å². The van der Waals surface area contributed by atoms with Gasteiger partial charge in [0.1, 0.15) is 0 Å². The fourth-order valence-corrected chi connectivity index (χ4v) is 3.32. The minimum Gasteiger partial charge on any atom is -0.341 e. The molecule has 4 nitrogen and oxygen atoms in total. The fourth-order valence-electron chi connectivity index (χ4n) is 3.32. The minimum atomic E-state index is 0.605. The quantitative estimate of drug-likeness (QED) is 0.778. The molecule has 1 spiro atoms. The van der Waals surface area contributed by atoms with Crippen molar-refractivity contribution in [2.24, 2.45) is 5.41 Å². The normalized spacial score (nSPS) is 20.2. The van der Waals surface area contributed by atoms with Gasteiger partial charge in [0.15, 0.2) is 0 Å². The standard InChI is InChI=1S/C15H24N4.2C2H6/c1-13-11-16-14(17-12-13)19-9-5-15(6-10-19)3-7-18(2)8-4-15;2*1-2/h11-12H,3-10H2,1-2H3;2*1-2H3. The molecule has 2 saturated heterocycles. The molecule has 2 aliphatic rings. The number of piperidine rings is 2. The van der Waals surface area contributed by atoms with E-state index < -0.39 is 0 Å². The maximum Gasteiger partial charge on any atom is 0.225 e. The Bertz CT molecular complexity index is 412. The van der Waals surface area contributed by atoms with Crippen molar-refractivity contribution in [2.75, 3.05) is 38.1 Å². The van der Waals surface area contributed by atoms with Gasteiger partial charge < -0.3 is 9.80 Å². The van der Waals surface area contributed by atoms with Crippen LogP contribution < -0.4 is 4.90 Å². The SMILES string of the molecule is CC.CC.Cc1cnc(N2CCC3(CCN(C)CC3)CC2)nc1. The van der Waals surface area contributed by atoms with Gasteiger partial charge in [-0.05, 0) is 63.7 Å². The molecule has 1 aromatic rings. The first kappa shape index (κ1) is 19.9. The number of rotatable bonds is 1. The zero-order valence-corrected chi connectivity index (χ0v) is 16.1. The summed E-state index contributed by atoms with van der Waals surface area (Å²) in [7, 11) is 2.24. The Hall–Kier alpha value is -1.16. The highest BCUT2D eigenvalue weighted by molar-refractivity contribution is 5.30. The molecule has 0 atom stereocenters. The van der Waals surface area contributed by atoms with Crippen molar-refractivity contribution in [3.63, 3.8) is 0 Å². The van der Waals surface area contributed by atoms with Gasteiger partial charge in [0.25, 0.3) is 0 Å². The Labute approximate surface area is 143 Å². The highest BCUT2D eigenvalue weighted by Crippen LogP contribution is 2.41. The number of likely N-dealkylation sites (tertiary alicyclic amines) is 1. The fraction of sp³-hybridized carbons (Fsp3) is 0.789. The molecule has 2 aliphatic heterocycles. The Balaban J connectivity index is 0.000000615. The number of aromatic nitrogens is 2. The Morgan fingerprint density at radius 1 is 0.826 bits per heavy atom. The summed E-state index contributed by atoms with van der Waals surface area (Å²) in [6.07, 6.45) is 9.18. The smallest absolute Gasteiger partial charge is 0.225 e. The lowest BCUT2D eigenvalue weighted by Crippen LogP contribution is -2.46. The molecule has 0 unspecified atom stereocenters. The number of nitrogens with zero attached hydrogens (tertiary/aromatic N) is 4. The third-order valence-electron chi connectivity index (χ3n) is 4.92. The predicted molar refractivity (Wildman–Crippen MR) is 100 cm³/mol. The van der Waals surface area contributed by atoms with Crippen molar-refractivity contribution < 1.29 is 0 Å². The van der Waals surface area contributed by atoms with Crippen LogP contribution in [0.4, 0.5) is 5.95 Å². The molecule has 0 radical (unpaired) electrons. The minimum absolute atomic E-state index is 0.605. The van der Waals surface area contributed by atoms with Crippen LogP contribution in [-0.4, -0.2) is 48.1 Å². The number of hydrogen-bond acceptors (Lipinski definition) is 4. The molecule has 3 heterocycles. The molecule has 0 aliphatic carbocycles. The molecule has 0 amide bonds. The van der Waals surface area contributed by atoms with Crippen molar-refractivity contribution in [1.29, 1.82) is 0 Å². The van der Waals surface area contributed by atoms with Crippen LogP contribution in [0.1, 0.15) is 58.9 Å². The average molecular weight is 321 g/mol. The van der Waals surface area contributed by atoms with Crippen molar-refractivity contribution >= 4 is 5.95 Å². The monoisotopic (exact) mass is 320 g/mol.